The molecule has 1 unspecified atom stereocenters. The van der Waals surface area contributed by atoms with Crippen molar-refractivity contribution in [1.29, 1.82) is 0 Å². The molecular formula is C18H21NO3. The maximum atomic E-state index is 12.4. The fraction of sp³-hybridized carbons (Fsp3) is 0.389. The molecule has 116 valence electrons. The van der Waals surface area contributed by atoms with E-state index in [1.807, 2.05) is 30.3 Å². The summed E-state index contributed by atoms with van der Waals surface area (Å²) in [5, 5.41) is 10.3. The Morgan fingerprint density at radius 2 is 1.82 bits per heavy atom. The minimum absolute atomic E-state index is 0.0215. The van der Waals surface area contributed by atoms with Crippen molar-refractivity contribution in [2.24, 2.45) is 0 Å². The molecule has 4 heteroatoms. The Labute approximate surface area is 130 Å². The molecule has 1 aromatic heterocycles. The van der Waals surface area contributed by atoms with Crippen LogP contribution in [-0.4, -0.2) is 23.1 Å². The van der Waals surface area contributed by atoms with Crippen molar-refractivity contribution < 1.29 is 9.52 Å². The van der Waals surface area contributed by atoms with Crippen LogP contribution in [0.3, 0.4) is 0 Å². The molecule has 0 amide bonds. The maximum absolute atomic E-state index is 12.4. The van der Waals surface area contributed by atoms with E-state index < -0.39 is 5.63 Å². The predicted molar refractivity (Wildman–Crippen MR) is 85.1 cm³/mol. The number of benzene rings is 1. The number of likely N-dealkylation sites (tertiary alicyclic amines) is 1. The fourth-order valence-corrected chi connectivity index (χ4v) is 3.23. The highest BCUT2D eigenvalue weighted by atomic mass is 16.4. The molecule has 0 radical (unpaired) electrons. The van der Waals surface area contributed by atoms with Crippen LogP contribution in [0, 0.1) is 6.92 Å². The first-order valence-corrected chi connectivity index (χ1v) is 7.79. The summed E-state index contributed by atoms with van der Waals surface area (Å²) >= 11 is 0. The average molecular weight is 299 g/mol. The molecule has 1 aliphatic heterocycles. The van der Waals surface area contributed by atoms with Gasteiger partial charge >= 0.3 is 5.63 Å². The van der Waals surface area contributed by atoms with Gasteiger partial charge in [-0.1, -0.05) is 36.8 Å². The van der Waals surface area contributed by atoms with Crippen molar-refractivity contribution in [2.75, 3.05) is 13.1 Å². The van der Waals surface area contributed by atoms with Crippen LogP contribution >= 0.6 is 0 Å². The molecular weight excluding hydrogens is 278 g/mol. The van der Waals surface area contributed by atoms with E-state index in [-0.39, 0.29) is 11.8 Å². The summed E-state index contributed by atoms with van der Waals surface area (Å²) in [4.78, 5) is 14.6. The van der Waals surface area contributed by atoms with Crippen molar-refractivity contribution in [2.45, 2.75) is 32.2 Å². The summed E-state index contributed by atoms with van der Waals surface area (Å²) in [6.45, 7) is 3.52. The van der Waals surface area contributed by atoms with E-state index in [2.05, 4.69) is 4.90 Å². The second-order valence-corrected chi connectivity index (χ2v) is 5.85. The number of aryl methyl sites for hydroxylation is 1. The van der Waals surface area contributed by atoms with Gasteiger partial charge in [0.25, 0.3) is 0 Å². The van der Waals surface area contributed by atoms with Crippen molar-refractivity contribution >= 4 is 0 Å². The van der Waals surface area contributed by atoms with E-state index in [4.69, 9.17) is 4.42 Å². The highest BCUT2D eigenvalue weighted by molar-refractivity contribution is 5.39. The molecule has 0 spiro atoms. The number of aromatic hydroxyl groups is 1. The van der Waals surface area contributed by atoms with E-state index in [0.29, 0.717) is 11.3 Å². The molecule has 4 nitrogen and oxygen atoms in total. The zero-order valence-corrected chi connectivity index (χ0v) is 12.8. The van der Waals surface area contributed by atoms with Gasteiger partial charge in [-0.3, -0.25) is 4.90 Å². The van der Waals surface area contributed by atoms with E-state index in [1.165, 1.54) is 12.5 Å². The lowest BCUT2D eigenvalue weighted by Crippen LogP contribution is -2.36. The molecule has 1 N–H and O–H groups in total. The van der Waals surface area contributed by atoms with Crippen molar-refractivity contribution in [3.8, 4) is 5.75 Å². The molecule has 0 aliphatic carbocycles. The first kappa shape index (κ1) is 14.9. The number of rotatable bonds is 3. The van der Waals surface area contributed by atoms with Gasteiger partial charge in [-0.05, 0) is 38.4 Å². The van der Waals surface area contributed by atoms with Crippen LogP contribution in [0.25, 0.3) is 0 Å². The zero-order chi connectivity index (χ0) is 15.5. The molecule has 22 heavy (non-hydrogen) atoms. The first-order chi connectivity index (χ1) is 10.7. The third-order valence-electron chi connectivity index (χ3n) is 4.23. The summed E-state index contributed by atoms with van der Waals surface area (Å²) in [7, 11) is 0. The minimum Gasteiger partial charge on any atom is -0.507 e. The number of hydrogen-bond acceptors (Lipinski definition) is 4. The smallest absolute Gasteiger partial charge is 0.344 e. The highest BCUT2D eigenvalue weighted by Gasteiger charge is 2.29. The summed E-state index contributed by atoms with van der Waals surface area (Å²) in [6.07, 6.45) is 3.44. The predicted octanol–water partition coefficient (Wildman–Crippen LogP) is 3.23. The van der Waals surface area contributed by atoms with Gasteiger partial charge in [0.2, 0.25) is 0 Å². The first-order valence-electron chi connectivity index (χ1n) is 7.79. The molecule has 1 atom stereocenters. The second kappa shape index (κ2) is 6.36. The molecule has 0 saturated carbocycles. The van der Waals surface area contributed by atoms with Crippen molar-refractivity contribution in [1.82, 2.24) is 4.90 Å². The standard InChI is InChI=1S/C18H21NO3/c1-13-12-15(20)16(18(21)22-13)17(14-8-4-2-5-9-14)19-10-6-3-7-11-19/h2,4-5,8-9,12,17,20H,3,6-7,10-11H2,1H3. The van der Waals surface area contributed by atoms with Gasteiger partial charge in [0.05, 0.1) is 6.04 Å². The van der Waals surface area contributed by atoms with E-state index >= 15 is 0 Å². The molecule has 2 aromatic rings. The molecule has 1 aliphatic rings. The maximum Gasteiger partial charge on any atom is 0.344 e. The van der Waals surface area contributed by atoms with Crippen LogP contribution in [0.15, 0.2) is 45.6 Å². The average Bonchev–Trinajstić information content (AvgIpc) is 2.52. The SMILES string of the molecule is Cc1cc(O)c(C(c2ccccc2)N2CCCCC2)c(=O)o1. The number of nitrogens with zero attached hydrogens (tertiary/aromatic N) is 1. The second-order valence-electron chi connectivity index (χ2n) is 5.85. The van der Waals surface area contributed by atoms with E-state index in [9.17, 15) is 9.90 Å². The van der Waals surface area contributed by atoms with Crippen LogP contribution in [0.4, 0.5) is 0 Å². The Hall–Kier alpha value is -2.07. The minimum atomic E-state index is -0.447. The molecule has 2 heterocycles. The normalized spacial score (nSPS) is 17.3. The van der Waals surface area contributed by atoms with Gasteiger partial charge in [-0.25, -0.2) is 4.79 Å². The van der Waals surface area contributed by atoms with Crippen LogP contribution in [0.2, 0.25) is 0 Å². The highest BCUT2D eigenvalue weighted by Crippen LogP contribution is 2.34. The molecule has 1 saturated heterocycles. The summed E-state index contributed by atoms with van der Waals surface area (Å²) in [6, 6.07) is 11.1. The fourth-order valence-electron chi connectivity index (χ4n) is 3.23. The summed E-state index contributed by atoms with van der Waals surface area (Å²) in [5.41, 5.74) is 0.909. The van der Waals surface area contributed by atoms with Crippen LogP contribution in [0.1, 0.15) is 42.2 Å². The third-order valence-corrected chi connectivity index (χ3v) is 4.23. The third kappa shape index (κ3) is 2.92. The summed E-state index contributed by atoms with van der Waals surface area (Å²) < 4.78 is 5.24. The van der Waals surface area contributed by atoms with Gasteiger partial charge < -0.3 is 9.52 Å². The number of piperidine rings is 1. The Morgan fingerprint density at radius 3 is 2.45 bits per heavy atom. The molecule has 1 fully saturated rings. The van der Waals surface area contributed by atoms with E-state index in [0.717, 1.165) is 31.5 Å². The Morgan fingerprint density at radius 1 is 1.14 bits per heavy atom. The van der Waals surface area contributed by atoms with E-state index in [1.54, 1.807) is 6.92 Å². The Kier molecular flexibility index (Phi) is 4.29. The van der Waals surface area contributed by atoms with Crippen molar-refractivity contribution in [3.05, 3.63) is 63.7 Å². The van der Waals surface area contributed by atoms with Gasteiger partial charge in [0.1, 0.15) is 17.1 Å². The Bertz CT molecular complexity index is 687. The lowest BCUT2D eigenvalue weighted by atomic mass is 9.95. The lowest BCUT2D eigenvalue weighted by molar-refractivity contribution is 0.181. The zero-order valence-electron chi connectivity index (χ0n) is 12.8. The van der Waals surface area contributed by atoms with Crippen LogP contribution in [0.5, 0.6) is 5.75 Å². The molecule has 0 bridgehead atoms. The Balaban J connectivity index is 2.11. The molecule has 3 rings (SSSR count). The topological polar surface area (TPSA) is 53.7 Å². The van der Waals surface area contributed by atoms with Gasteiger partial charge in [-0.15, -0.1) is 0 Å². The quantitative estimate of drug-likeness (QED) is 0.945. The monoisotopic (exact) mass is 299 g/mol. The summed E-state index contributed by atoms with van der Waals surface area (Å²) in [5.74, 6) is 0.449. The molecule has 1 aromatic carbocycles. The van der Waals surface area contributed by atoms with Gasteiger partial charge in [0.15, 0.2) is 0 Å². The number of hydrogen-bond donors (Lipinski definition) is 1. The van der Waals surface area contributed by atoms with Gasteiger partial charge in [-0.2, -0.15) is 0 Å². The van der Waals surface area contributed by atoms with Gasteiger partial charge in [0, 0.05) is 6.07 Å². The largest absolute Gasteiger partial charge is 0.507 e. The van der Waals surface area contributed by atoms with Crippen molar-refractivity contribution in [3.63, 3.8) is 0 Å². The lowest BCUT2D eigenvalue weighted by Gasteiger charge is -2.34. The van der Waals surface area contributed by atoms with Crippen LogP contribution < -0.4 is 5.63 Å². The van der Waals surface area contributed by atoms with Crippen LogP contribution in [-0.2, 0) is 0 Å².